The van der Waals surface area contributed by atoms with Gasteiger partial charge in [0.25, 0.3) is 0 Å². The maximum atomic E-state index is 12.2. The lowest BCUT2D eigenvalue weighted by atomic mass is 9.97. The number of benzene rings is 1. The van der Waals surface area contributed by atoms with E-state index in [2.05, 4.69) is 4.72 Å². The summed E-state index contributed by atoms with van der Waals surface area (Å²) in [6.45, 7) is 2.08. The number of aliphatic hydroxyl groups is 1. The lowest BCUT2D eigenvalue weighted by Crippen LogP contribution is -2.47. The van der Waals surface area contributed by atoms with Crippen molar-refractivity contribution >= 4 is 10.0 Å². The SMILES string of the molecule is COc1cccc(S(=O)(=O)NCC2(O)CCOC2C)c1. The monoisotopic (exact) mass is 301 g/mol. The van der Waals surface area contributed by atoms with Crippen LogP contribution in [0.4, 0.5) is 0 Å². The van der Waals surface area contributed by atoms with E-state index in [1.165, 1.54) is 19.2 Å². The highest BCUT2D eigenvalue weighted by molar-refractivity contribution is 7.89. The van der Waals surface area contributed by atoms with Gasteiger partial charge in [-0.1, -0.05) is 6.07 Å². The first kappa shape index (κ1) is 15.2. The van der Waals surface area contributed by atoms with Gasteiger partial charge in [-0.2, -0.15) is 0 Å². The zero-order valence-electron chi connectivity index (χ0n) is 11.5. The van der Waals surface area contributed by atoms with Crippen molar-refractivity contribution in [3.8, 4) is 5.75 Å². The highest BCUT2D eigenvalue weighted by Gasteiger charge is 2.40. The maximum Gasteiger partial charge on any atom is 0.240 e. The molecule has 20 heavy (non-hydrogen) atoms. The van der Waals surface area contributed by atoms with E-state index < -0.39 is 21.7 Å². The molecule has 0 radical (unpaired) electrons. The smallest absolute Gasteiger partial charge is 0.240 e. The summed E-state index contributed by atoms with van der Waals surface area (Å²) >= 11 is 0. The Morgan fingerprint density at radius 1 is 1.55 bits per heavy atom. The predicted molar refractivity (Wildman–Crippen MR) is 73.2 cm³/mol. The second-order valence-corrected chi connectivity index (χ2v) is 6.64. The van der Waals surface area contributed by atoms with Crippen molar-refractivity contribution in [2.75, 3.05) is 20.3 Å². The van der Waals surface area contributed by atoms with Crippen LogP contribution in [0.1, 0.15) is 13.3 Å². The number of hydrogen-bond acceptors (Lipinski definition) is 5. The number of hydrogen-bond donors (Lipinski definition) is 2. The van der Waals surface area contributed by atoms with Crippen LogP contribution >= 0.6 is 0 Å². The molecule has 2 atom stereocenters. The molecule has 2 unspecified atom stereocenters. The van der Waals surface area contributed by atoms with E-state index in [1.807, 2.05) is 0 Å². The lowest BCUT2D eigenvalue weighted by molar-refractivity contribution is -0.0228. The summed E-state index contributed by atoms with van der Waals surface area (Å²) in [5, 5.41) is 10.3. The van der Waals surface area contributed by atoms with Gasteiger partial charge in [-0.25, -0.2) is 13.1 Å². The third kappa shape index (κ3) is 3.12. The molecule has 6 nitrogen and oxygen atoms in total. The Hall–Kier alpha value is -1.15. The Morgan fingerprint density at radius 3 is 2.90 bits per heavy atom. The Morgan fingerprint density at radius 2 is 2.30 bits per heavy atom. The van der Waals surface area contributed by atoms with E-state index in [0.717, 1.165) is 0 Å². The molecule has 0 spiro atoms. The van der Waals surface area contributed by atoms with Crippen LogP contribution in [-0.2, 0) is 14.8 Å². The summed E-state index contributed by atoms with van der Waals surface area (Å²) < 4.78 is 37.1. The van der Waals surface area contributed by atoms with Gasteiger partial charge in [-0.15, -0.1) is 0 Å². The van der Waals surface area contributed by atoms with Gasteiger partial charge in [0.15, 0.2) is 0 Å². The molecule has 1 aromatic carbocycles. The van der Waals surface area contributed by atoms with Crippen molar-refractivity contribution in [2.24, 2.45) is 0 Å². The molecule has 2 N–H and O–H groups in total. The van der Waals surface area contributed by atoms with Crippen LogP contribution in [0, 0.1) is 0 Å². The lowest BCUT2D eigenvalue weighted by Gasteiger charge is -2.26. The molecule has 1 heterocycles. The van der Waals surface area contributed by atoms with Crippen molar-refractivity contribution in [1.29, 1.82) is 0 Å². The molecule has 1 aromatic rings. The Balaban J connectivity index is 2.11. The summed E-state index contributed by atoms with van der Waals surface area (Å²) in [4.78, 5) is 0.104. The molecule has 1 fully saturated rings. The second kappa shape index (κ2) is 5.69. The third-order valence-corrected chi connectivity index (χ3v) is 4.98. The van der Waals surface area contributed by atoms with Gasteiger partial charge in [-0.05, 0) is 19.1 Å². The molecule has 1 aliphatic heterocycles. The van der Waals surface area contributed by atoms with Crippen molar-refractivity contribution in [2.45, 2.75) is 29.9 Å². The maximum absolute atomic E-state index is 12.2. The molecule has 0 aromatic heterocycles. The van der Waals surface area contributed by atoms with Crippen LogP contribution in [0.2, 0.25) is 0 Å². The van der Waals surface area contributed by atoms with Gasteiger partial charge in [-0.3, -0.25) is 0 Å². The summed E-state index contributed by atoms with van der Waals surface area (Å²) in [5.41, 5.74) is -1.16. The molecule has 0 amide bonds. The average Bonchev–Trinajstić information content (AvgIpc) is 2.77. The molecule has 1 aliphatic rings. The van der Waals surface area contributed by atoms with Crippen LogP contribution in [-0.4, -0.2) is 45.5 Å². The van der Waals surface area contributed by atoms with Crippen LogP contribution in [0.5, 0.6) is 5.75 Å². The minimum Gasteiger partial charge on any atom is -0.497 e. The number of methoxy groups -OCH3 is 1. The first-order valence-corrected chi connectivity index (χ1v) is 7.83. The predicted octanol–water partition coefficient (Wildman–Crippen LogP) is 0.513. The van der Waals surface area contributed by atoms with E-state index in [4.69, 9.17) is 9.47 Å². The molecular formula is C13H19NO5S. The highest BCUT2D eigenvalue weighted by Crippen LogP contribution is 2.25. The number of rotatable bonds is 5. The van der Waals surface area contributed by atoms with Gasteiger partial charge < -0.3 is 14.6 Å². The first-order valence-electron chi connectivity index (χ1n) is 6.35. The van der Waals surface area contributed by atoms with E-state index in [-0.39, 0.29) is 11.4 Å². The molecule has 2 rings (SSSR count). The Labute approximate surface area is 118 Å². The van der Waals surface area contributed by atoms with Crippen LogP contribution in [0.25, 0.3) is 0 Å². The summed E-state index contributed by atoms with van der Waals surface area (Å²) in [5.74, 6) is 0.462. The van der Waals surface area contributed by atoms with E-state index in [1.54, 1.807) is 19.1 Å². The van der Waals surface area contributed by atoms with Crippen LogP contribution in [0.15, 0.2) is 29.2 Å². The summed E-state index contributed by atoms with van der Waals surface area (Å²) in [6, 6.07) is 6.17. The molecule has 7 heteroatoms. The van der Waals surface area contributed by atoms with Gasteiger partial charge in [0.1, 0.15) is 11.4 Å². The number of ether oxygens (including phenoxy) is 2. The largest absolute Gasteiger partial charge is 0.497 e. The fourth-order valence-electron chi connectivity index (χ4n) is 2.07. The fraction of sp³-hybridized carbons (Fsp3) is 0.538. The molecule has 0 aliphatic carbocycles. The minimum atomic E-state index is -3.69. The highest BCUT2D eigenvalue weighted by atomic mass is 32.2. The van der Waals surface area contributed by atoms with Gasteiger partial charge >= 0.3 is 0 Å². The fourth-order valence-corrected chi connectivity index (χ4v) is 3.21. The van der Waals surface area contributed by atoms with E-state index >= 15 is 0 Å². The van der Waals surface area contributed by atoms with E-state index in [0.29, 0.717) is 18.8 Å². The Kier molecular flexibility index (Phi) is 4.33. The van der Waals surface area contributed by atoms with Crippen molar-refractivity contribution in [3.05, 3.63) is 24.3 Å². The van der Waals surface area contributed by atoms with Gasteiger partial charge in [0.05, 0.1) is 18.1 Å². The molecular weight excluding hydrogens is 282 g/mol. The Bertz CT molecular complexity index is 574. The average molecular weight is 301 g/mol. The summed E-state index contributed by atoms with van der Waals surface area (Å²) in [6.07, 6.45) is 0.0185. The molecule has 0 saturated carbocycles. The molecule has 0 bridgehead atoms. The van der Waals surface area contributed by atoms with Crippen molar-refractivity contribution < 1.29 is 23.0 Å². The summed E-state index contributed by atoms with van der Waals surface area (Å²) in [7, 11) is -2.22. The standard InChI is InChI=1S/C13H19NO5S/c1-10-13(15,6-7-19-10)9-14-20(16,17)12-5-3-4-11(8-12)18-2/h3-5,8,10,14-15H,6-7,9H2,1-2H3. The van der Waals surface area contributed by atoms with Crippen LogP contribution < -0.4 is 9.46 Å². The topological polar surface area (TPSA) is 84.9 Å². The minimum absolute atomic E-state index is 0.0757. The van der Waals surface area contributed by atoms with E-state index in [9.17, 15) is 13.5 Å². The van der Waals surface area contributed by atoms with Gasteiger partial charge in [0, 0.05) is 25.6 Å². The zero-order chi connectivity index (χ0) is 14.8. The first-order chi connectivity index (χ1) is 9.37. The number of nitrogens with one attached hydrogen (secondary N) is 1. The third-order valence-electron chi connectivity index (χ3n) is 3.58. The van der Waals surface area contributed by atoms with Crippen molar-refractivity contribution in [1.82, 2.24) is 4.72 Å². The normalized spacial score (nSPS) is 26.6. The zero-order valence-corrected chi connectivity index (χ0v) is 12.3. The van der Waals surface area contributed by atoms with Crippen molar-refractivity contribution in [3.63, 3.8) is 0 Å². The quantitative estimate of drug-likeness (QED) is 0.828. The molecule has 112 valence electrons. The van der Waals surface area contributed by atoms with Crippen LogP contribution in [0.3, 0.4) is 0 Å². The number of sulfonamides is 1. The second-order valence-electron chi connectivity index (χ2n) is 4.87. The molecule has 1 saturated heterocycles. The van der Waals surface area contributed by atoms with Gasteiger partial charge in [0.2, 0.25) is 10.0 Å².